The van der Waals surface area contributed by atoms with Gasteiger partial charge >= 0.3 is 12.2 Å². The molecule has 0 bridgehead atoms. The molecule has 0 radical (unpaired) electrons. The van der Waals surface area contributed by atoms with Gasteiger partial charge in [-0.15, -0.1) is 0 Å². The maximum absolute atomic E-state index is 12.4. The third-order valence-electron chi connectivity index (χ3n) is 5.34. The molecular formula is C24H29N5O4. The Morgan fingerprint density at radius 2 is 1.79 bits per heavy atom. The fourth-order valence-corrected chi connectivity index (χ4v) is 3.85. The van der Waals surface area contributed by atoms with Crippen LogP contribution in [0.4, 0.5) is 15.3 Å². The number of primary amides is 1. The summed E-state index contributed by atoms with van der Waals surface area (Å²) in [5, 5.41) is 0. The quantitative estimate of drug-likeness (QED) is 0.619. The zero-order chi connectivity index (χ0) is 23.6. The van der Waals surface area contributed by atoms with Crippen LogP contribution in [0.5, 0.6) is 5.75 Å². The van der Waals surface area contributed by atoms with Crippen molar-refractivity contribution in [1.29, 1.82) is 0 Å². The topological polar surface area (TPSA) is 114 Å². The summed E-state index contributed by atoms with van der Waals surface area (Å²) in [5.74, 6) is 0.988. The second-order valence-electron chi connectivity index (χ2n) is 9.01. The number of para-hydroxylation sites is 1. The molecule has 1 aliphatic heterocycles. The number of nitrogens with one attached hydrogen (secondary N) is 1. The molecule has 0 atom stereocenters. The highest BCUT2D eigenvalue weighted by atomic mass is 16.6. The number of aromatic nitrogens is 2. The van der Waals surface area contributed by atoms with E-state index in [0.717, 1.165) is 36.3 Å². The predicted molar refractivity (Wildman–Crippen MR) is 126 cm³/mol. The van der Waals surface area contributed by atoms with Crippen molar-refractivity contribution < 1.29 is 19.1 Å². The van der Waals surface area contributed by atoms with Crippen LogP contribution in [0, 0.1) is 0 Å². The Bertz CT molecular complexity index is 1150. The van der Waals surface area contributed by atoms with Gasteiger partial charge in [-0.2, -0.15) is 0 Å². The molecule has 0 aliphatic carbocycles. The highest BCUT2D eigenvalue weighted by molar-refractivity contribution is 5.87. The molecule has 1 aromatic heterocycles. The summed E-state index contributed by atoms with van der Waals surface area (Å²) in [5.41, 5.74) is 7.94. The van der Waals surface area contributed by atoms with Crippen LogP contribution in [-0.2, 0) is 4.74 Å². The van der Waals surface area contributed by atoms with E-state index in [2.05, 4.69) is 14.9 Å². The average Bonchev–Trinajstić information content (AvgIpc) is 3.03. The van der Waals surface area contributed by atoms with Crippen LogP contribution in [0.3, 0.4) is 0 Å². The van der Waals surface area contributed by atoms with E-state index in [0.29, 0.717) is 30.2 Å². The Morgan fingerprint density at radius 1 is 1.03 bits per heavy atom. The lowest BCUT2D eigenvalue weighted by molar-refractivity contribution is 0.0263. The number of hydrogen-bond donors (Lipinski definition) is 2. The van der Waals surface area contributed by atoms with Crippen molar-refractivity contribution in [2.75, 3.05) is 31.1 Å². The molecule has 4 rings (SSSR count). The minimum atomic E-state index is -0.876. The fourth-order valence-electron chi connectivity index (χ4n) is 3.85. The Kier molecular flexibility index (Phi) is 6.13. The largest absolute Gasteiger partial charge is 0.444 e. The number of nitrogens with two attached hydrogens (primary N) is 1. The van der Waals surface area contributed by atoms with Crippen molar-refractivity contribution in [3.05, 3.63) is 42.5 Å². The van der Waals surface area contributed by atoms with Crippen molar-refractivity contribution in [1.82, 2.24) is 14.9 Å². The van der Waals surface area contributed by atoms with Gasteiger partial charge in [-0.05, 0) is 63.6 Å². The molecular weight excluding hydrogens is 422 g/mol. The number of hydrogen-bond acceptors (Lipinski definition) is 6. The summed E-state index contributed by atoms with van der Waals surface area (Å²) in [6.07, 6.45) is -0.268. The molecule has 1 fully saturated rings. The number of H-pyrrole nitrogens is 1. The minimum Gasteiger partial charge on any atom is -0.444 e. The first-order valence-electron chi connectivity index (χ1n) is 11.0. The third kappa shape index (κ3) is 5.36. The molecule has 0 spiro atoms. The molecule has 2 heterocycles. The Labute approximate surface area is 192 Å². The highest BCUT2D eigenvalue weighted by Crippen LogP contribution is 2.28. The number of fused-ring (bicyclic) bond motifs is 1. The molecule has 33 heavy (non-hydrogen) atoms. The number of benzene rings is 2. The molecule has 0 unspecified atom stereocenters. The summed E-state index contributed by atoms with van der Waals surface area (Å²) in [7, 11) is 0. The number of rotatable bonds is 3. The highest BCUT2D eigenvalue weighted by Gasteiger charge is 2.24. The summed E-state index contributed by atoms with van der Waals surface area (Å²) in [4.78, 5) is 35.5. The van der Waals surface area contributed by atoms with Gasteiger partial charge in [0.25, 0.3) is 0 Å². The fraction of sp³-hybridized carbons (Fsp3) is 0.375. The summed E-state index contributed by atoms with van der Waals surface area (Å²) in [6.45, 7) is 8.52. The minimum absolute atomic E-state index is 0.260. The van der Waals surface area contributed by atoms with Gasteiger partial charge in [0.15, 0.2) is 5.75 Å². The Hall–Kier alpha value is -3.75. The summed E-state index contributed by atoms with van der Waals surface area (Å²) in [6, 6.07) is 13.4. The van der Waals surface area contributed by atoms with Crippen LogP contribution in [0.1, 0.15) is 27.2 Å². The van der Waals surface area contributed by atoms with Gasteiger partial charge in [-0.1, -0.05) is 6.07 Å². The van der Waals surface area contributed by atoms with E-state index in [9.17, 15) is 9.59 Å². The smallest absolute Gasteiger partial charge is 0.410 e. The van der Waals surface area contributed by atoms with E-state index < -0.39 is 11.7 Å². The number of imidazole rings is 1. The van der Waals surface area contributed by atoms with Gasteiger partial charge in [-0.3, -0.25) is 0 Å². The van der Waals surface area contributed by atoms with E-state index >= 15 is 0 Å². The molecule has 9 heteroatoms. The molecule has 0 saturated carbocycles. The standard InChI is InChI=1S/C24H29N5O4/c1-24(2,3)33-23(31)29-13-5-12-28(14-15-29)17-10-8-16(9-11-17)21-26-18-6-4-7-19(20(18)27-21)32-22(25)30/h4,6-11H,5,12-15H2,1-3H3,(H2,25,30)(H,26,27). The molecule has 3 N–H and O–H groups in total. The van der Waals surface area contributed by atoms with Crippen LogP contribution in [0.15, 0.2) is 42.5 Å². The van der Waals surface area contributed by atoms with Crippen LogP contribution in [-0.4, -0.2) is 58.8 Å². The number of carbonyl (C=O) groups excluding carboxylic acids is 2. The zero-order valence-corrected chi connectivity index (χ0v) is 19.1. The normalized spacial score (nSPS) is 14.8. The number of amides is 2. The van der Waals surface area contributed by atoms with E-state index in [1.54, 1.807) is 17.0 Å². The molecule has 1 aliphatic rings. The van der Waals surface area contributed by atoms with E-state index in [-0.39, 0.29) is 6.09 Å². The summed E-state index contributed by atoms with van der Waals surface area (Å²) >= 11 is 0. The molecule has 2 amide bonds. The van der Waals surface area contributed by atoms with Crippen molar-refractivity contribution in [3.8, 4) is 17.1 Å². The van der Waals surface area contributed by atoms with E-state index in [1.165, 1.54) is 0 Å². The number of nitrogens with zero attached hydrogens (tertiary/aromatic N) is 3. The van der Waals surface area contributed by atoms with E-state index in [1.807, 2.05) is 51.1 Å². The number of anilines is 1. The first-order valence-corrected chi connectivity index (χ1v) is 11.0. The molecule has 174 valence electrons. The second kappa shape index (κ2) is 9.01. The lowest BCUT2D eigenvalue weighted by Crippen LogP contribution is -2.39. The van der Waals surface area contributed by atoms with Crippen molar-refractivity contribution >= 4 is 28.9 Å². The van der Waals surface area contributed by atoms with Crippen LogP contribution >= 0.6 is 0 Å². The Balaban J connectivity index is 1.46. The van der Waals surface area contributed by atoms with Crippen molar-refractivity contribution in [3.63, 3.8) is 0 Å². The van der Waals surface area contributed by atoms with Crippen molar-refractivity contribution in [2.45, 2.75) is 32.8 Å². The second-order valence-corrected chi connectivity index (χ2v) is 9.01. The maximum atomic E-state index is 12.4. The number of carbonyl (C=O) groups is 2. The molecule has 9 nitrogen and oxygen atoms in total. The first kappa shape index (κ1) is 22.4. The van der Waals surface area contributed by atoms with Gasteiger partial charge < -0.3 is 30.0 Å². The maximum Gasteiger partial charge on any atom is 0.410 e. The summed E-state index contributed by atoms with van der Waals surface area (Å²) < 4.78 is 10.6. The molecule has 1 saturated heterocycles. The van der Waals surface area contributed by atoms with Gasteiger partial charge in [0.05, 0.1) is 5.52 Å². The average molecular weight is 452 g/mol. The van der Waals surface area contributed by atoms with Gasteiger partial charge in [0, 0.05) is 37.4 Å². The predicted octanol–water partition coefficient (Wildman–Crippen LogP) is 4.13. The SMILES string of the molecule is CC(C)(C)OC(=O)N1CCCN(c2ccc(-c3nc4c(OC(N)=O)cccc4[nH]3)cc2)CC1. The van der Waals surface area contributed by atoms with Gasteiger partial charge in [-0.25, -0.2) is 14.6 Å². The van der Waals surface area contributed by atoms with E-state index in [4.69, 9.17) is 15.2 Å². The lowest BCUT2D eigenvalue weighted by atomic mass is 10.2. The van der Waals surface area contributed by atoms with Gasteiger partial charge in [0.2, 0.25) is 0 Å². The number of aromatic amines is 1. The van der Waals surface area contributed by atoms with Gasteiger partial charge in [0.1, 0.15) is 16.9 Å². The monoisotopic (exact) mass is 451 g/mol. The van der Waals surface area contributed by atoms with Crippen LogP contribution < -0.4 is 15.4 Å². The van der Waals surface area contributed by atoms with Crippen molar-refractivity contribution in [2.24, 2.45) is 5.73 Å². The number of ether oxygens (including phenoxy) is 2. The van der Waals surface area contributed by atoms with Crippen LogP contribution in [0.2, 0.25) is 0 Å². The first-order chi connectivity index (χ1) is 15.7. The Morgan fingerprint density at radius 3 is 2.48 bits per heavy atom. The third-order valence-corrected chi connectivity index (χ3v) is 5.34. The lowest BCUT2D eigenvalue weighted by Gasteiger charge is -2.27. The molecule has 2 aromatic carbocycles. The van der Waals surface area contributed by atoms with Crippen LogP contribution in [0.25, 0.3) is 22.4 Å². The molecule has 3 aromatic rings. The zero-order valence-electron chi connectivity index (χ0n) is 19.1.